The number of nitrogens with zero attached hydrogens (tertiary/aromatic N) is 1. The van der Waals surface area contributed by atoms with Crippen molar-refractivity contribution in [3.8, 4) is 23.0 Å². The topological polar surface area (TPSA) is 86.3 Å². The van der Waals surface area contributed by atoms with Gasteiger partial charge >= 0.3 is 6.03 Å². The van der Waals surface area contributed by atoms with Crippen molar-refractivity contribution in [1.29, 1.82) is 0 Å². The second-order valence-electron chi connectivity index (χ2n) is 7.12. The van der Waals surface area contributed by atoms with Gasteiger partial charge < -0.3 is 24.3 Å². The number of amides is 3. The lowest BCUT2D eigenvalue weighted by Gasteiger charge is -2.23. The number of fused-ring (bicyclic) bond motifs is 2. The number of hydrogen-bond donors (Lipinski definition) is 1. The maximum atomic E-state index is 13.2. The summed E-state index contributed by atoms with van der Waals surface area (Å²) < 4.78 is 21.8. The van der Waals surface area contributed by atoms with E-state index in [1.54, 1.807) is 37.3 Å². The van der Waals surface area contributed by atoms with Crippen LogP contribution in [0.15, 0.2) is 30.3 Å². The Morgan fingerprint density at radius 1 is 1.03 bits per heavy atom. The van der Waals surface area contributed by atoms with Crippen molar-refractivity contribution in [3.05, 3.63) is 46.5 Å². The molecule has 3 amide bonds. The Labute approximate surface area is 171 Å². The Hall–Kier alpha value is -3.13. The molecule has 0 aliphatic carbocycles. The van der Waals surface area contributed by atoms with Gasteiger partial charge in [-0.3, -0.25) is 9.69 Å². The van der Waals surface area contributed by atoms with Gasteiger partial charge in [-0.1, -0.05) is 17.7 Å². The molecule has 0 saturated carbocycles. The molecular weight excluding hydrogens is 400 g/mol. The lowest BCUT2D eigenvalue weighted by molar-refractivity contribution is -0.131. The number of halogens is 1. The molecule has 1 fully saturated rings. The molecule has 1 saturated heterocycles. The number of imide groups is 1. The number of benzene rings is 2. The van der Waals surface area contributed by atoms with Crippen LogP contribution in [-0.4, -0.2) is 36.8 Å². The normalized spacial score (nSPS) is 22.1. The third kappa shape index (κ3) is 2.82. The number of hydrogen-bond acceptors (Lipinski definition) is 6. The van der Waals surface area contributed by atoms with Gasteiger partial charge in [-0.05, 0) is 42.3 Å². The van der Waals surface area contributed by atoms with Gasteiger partial charge in [-0.2, -0.15) is 0 Å². The van der Waals surface area contributed by atoms with Gasteiger partial charge in [0.15, 0.2) is 23.0 Å². The highest BCUT2D eigenvalue weighted by Crippen LogP contribution is 2.40. The summed E-state index contributed by atoms with van der Waals surface area (Å²) in [5, 5.41) is 3.16. The van der Waals surface area contributed by atoms with Crippen molar-refractivity contribution in [2.45, 2.75) is 19.0 Å². The quantitative estimate of drug-likeness (QED) is 0.774. The molecule has 8 nitrogen and oxygen atoms in total. The number of carbonyl (C=O) groups is 2. The van der Waals surface area contributed by atoms with Gasteiger partial charge in [0, 0.05) is 0 Å². The molecule has 0 unspecified atom stereocenters. The molecule has 3 heterocycles. The zero-order valence-electron chi connectivity index (χ0n) is 15.5. The van der Waals surface area contributed by atoms with Gasteiger partial charge in [0.05, 0.1) is 11.6 Å². The molecule has 0 spiro atoms. The third-order valence-electron chi connectivity index (χ3n) is 5.22. The molecule has 150 valence electrons. The van der Waals surface area contributed by atoms with Crippen molar-refractivity contribution in [1.82, 2.24) is 10.2 Å². The molecule has 29 heavy (non-hydrogen) atoms. The van der Waals surface area contributed by atoms with Crippen LogP contribution in [0.3, 0.4) is 0 Å². The van der Waals surface area contributed by atoms with E-state index < -0.39 is 11.6 Å². The molecular formula is C20H17ClN2O6. The second kappa shape index (κ2) is 6.45. The van der Waals surface area contributed by atoms with Gasteiger partial charge in [0.2, 0.25) is 6.79 Å². The highest BCUT2D eigenvalue weighted by atomic mass is 35.5. The summed E-state index contributed by atoms with van der Waals surface area (Å²) in [6.45, 7) is 2.70. The van der Waals surface area contributed by atoms with Gasteiger partial charge in [-0.25, -0.2) is 4.79 Å². The molecule has 1 N–H and O–H groups in total. The largest absolute Gasteiger partial charge is 0.486 e. The molecule has 0 radical (unpaired) electrons. The number of urea groups is 1. The van der Waals surface area contributed by atoms with E-state index in [4.69, 9.17) is 30.5 Å². The van der Waals surface area contributed by atoms with Crippen LogP contribution in [0.4, 0.5) is 4.79 Å². The molecule has 0 aromatic heterocycles. The van der Waals surface area contributed by atoms with Gasteiger partial charge in [-0.15, -0.1) is 0 Å². The summed E-state index contributed by atoms with van der Waals surface area (Å²) in [4.78, 5) is 27.0. The van der Waals surface area contributed by atoms with E-state index in [-0.39, 0.29) is 19.2 Å². The average Bonchev–Trinajstić information content (AvgIpc) is 3.26. The van der Waals surface area contributed by atoms with E-state index in [0.29, 0.717) is 52.4 Å². The summed E-state index contributed by atoms with van der Waals surface area (Å²) in [5.41, 5.74) is 0.0656. The number of nitrogens with one attached hydrogen (secondary N) is 1. The zero-order chi connectivity index (χ0) is 20.2. The zero-order valence-corrected chi connectivity index (χ0v) is 16.2. The lowest BCUT2D eigenvalue weighted by Crippen LogP contribution is -2.40. The number of carbonyl (C=O) groups excluding carboxylic acids is 2. The molecule has 5 rings (SSSR count). The monoisotopic (exact) mass is 416 g/mol. The van der Waals surface area contributed by atoms with E-state index >= 15 is 0 Å². The van der Waals surface area contributed by atoms with E-state index in [0.717, 1.165) is 4.90 Å². The standard InChI is InChI=1S/C20H17ClN2O6/c1-20(12-2-3-14-15(8-12)29-10-28-14)18(24)23(19(25)22-20)9-11-6-13(21)17-16(7-11)26-4-5-27-17/h2-3,6-8H,4-5,9-10H2,1H3,(H,22,25)/t20-/m1/s1. The summed E-state index contributed by atoms with van der Waals surface area (Å²) >= 11 is 6.28. The Balaban J connectivity index is 1.43. The minimum Gasteiger partial charge on any atom is -0.486 e. The Morgan fingerprint density at radius 3 is 2.69 bits per heavy atom. The van der Waals surface area contributed by atoms with Crippen LogP contribution in [0.1, 0.15) is 18.1 Å². The number of ether oxygens (including phenoxy) is 4. The van der Waals surface area contributed by atoms with Crippen LogP contribution in [0.2, 0.25) is 5.02 Å². The molecule has 1 atom stereocenters. The Morgan fingerprint density at radius 2 is 1.83 bits per heavy atom. The fourth-order valence-electron chi connectivity index (χ4n) is 3.68. The summed E-state index contributed by atoms with van der Waals surface area (Å²) in [6, 6.07) is 8.11. The van der Waals surface area contributed by atoms with E-state index in [1.807, 2.05) is 0 Å². The van der Waals surface area contributed by atoms with E-state index in [9.17, 15) is 9.59 Å². The van der Waals surface area contributed by atoms with Crippen molar-refractivity contribution in [3.63, 3.8) is 0 Å². The molecule has 3 aliphatic heterocycles. The second-order valence-corrected chi connectivity index (χ2v) is 7.52. The highest BCUT2D eigenvalue weighted by molar-refractivity contribution is 6.32. The highest BCUT2D eigenvalue weighted by Gasteiger charge is 2.49. The number of rotatable bonds is 3. The first-order valence-electron chi connectivity index (χ1n) is 9.08. The minimum atomic E-state index is -1.21. The first kappa shape index (κ1) is 17.9. The molecule has 9 heteroatoms. The predicted octanol–water partition coefficient (Wildman–Crippen LogP) is 2.81. The van der Waals surface area contributed by atoms with Crippen LogP contribution in [0.5, 0.6) is 23.0 Å². The maximum absolute atomic E-state index is 13.2. The van der Waals surface area contributed by atoms with Crippen LogP contribution in [-0.2, 0) is 16.9 Å². The van der Waals surface area contributed by atoms with E-state index in [1.165, 1.54) is 0 Å². The van der Waals surface area contributed by atoms with Crippen molar-refractivity contribution >= 4 is 23.5 Å². The van der Waals surface area contributed by atoms with Crippen molar-refractivity contribution < 1.29 is 28.5 Å². The lowest BCUT2D eigenvalue weighted by atomic mass is 9.91. The summed E-state index contributed by atoms with van der Waals surface area (Å²) in [5.74, 6) is 1.76. The smallest absolute Gasteiger partial charge is 0.325 e. The first-order chi connectivity index (χ1) is 14.0. The third-order valence-corrected chi connectivity index (χ3v) is 5.50. The maximum Gasteiger partial charge on any atom is 0.325 e. The predicted molar refractivity (Wildman–Crippen MR) is 101 cm³/mol. The van der Waals surface area contributed by atoms with Gasteiger partial charge in [0.25, 0.3) is 5.91 Å². The van der Waals surface area contributed by atoms with Crippen LogP contribution < -0.4 is 24.3 Å². The summed E-state index contributed by atoms with van der Waals surface area (Å²) in [7, 11) is 0. The van der Waals surface area contributed by atoms with Crippen LogP contribution in [0, 0.1) is 0 Å². The van der Waals surface area contributed by atoms with Crippen LogP contribution in [0.25, 0.3) is 0 Å². The molecule has 2 aromatic carbocycles. The van der Waals surface area contributed by atoms with Crippen molar-refractivity contribution in [2.75, 3.05) is 20.0 Å². The Kier molecular flexibility index (Phi) is 3.99. The van der Waals surface area contributed by atoms with Crippen LogP contribution >= 0.6 is 11.6 Å². The fourth-order valence-corrected chi connectivity index (χ4v) is 3.97. The SMILES string of the molecule is C[C@]1(c2ccc3c(c2)OCO3)NC(=O)N(Cc2cc(Cl)c3c(c2)OCCO3)C1=O. The Bertz CT molecular complexity index is 1040. The average molecular weight is 417 g/mol. The molecule has 2 aromatic rings. The first-order valence-corrected chi connectivity index (χ1v) is 9.46. The van der Waals surface area contributed by atoms with E-state index in [2.05, 4.69) is 5.32 Å². The molecule has 0 bridgehead atoms. The van der Waals surface area contributed by atoms with Crippen molar-refractivity contribution in [2.24, 2.45) is 0 Å². The molecule has 3 aliphatic rings. The minimum absolute atomic E-state index is 0.0567. The summed E-state index contributed by atoms with van der Waals surface area (Å²) in [6.07, 6.45) is 0. The van der Waals surface area contributed by atoms with Gasteiger partial charge in [0.1, 0.15) is 18.8 Å². The fraction of sp³-hybridized carbons (Fsp3) is 0.300.